The van der Waals surface area contributed by atoms with Crippen LogP contribution < -0.4 is 5.32 Å². The lowest BCUT2D eigenvalue weighted by atomic mass is 9.85. The maximum absolute atomic E-state index is 4.45. The van der Waals surface area contributed by atoms with Gasteiger partial charge in [0.1, 0.15) is 5.52 Å². The molecule has 22 heavy (non-hydrogen) atoms. The molecular weight excluding hydrogens is 340 g/mol. The van der Waals surface area contributed by atoms with Gasteiger partial charge in [-0.3, -0.25) is 0 Å². The number of hydrogen-bond donors (Lipinski definition) is 1. The molecule has 0 unspecified atom stereocenters. The van der Waals surface area contributed by atoms with Gasteiger partial charge in [0.15, 0.2) is 5.82 Å². The number of anilines is 1. The number of benzene rings is 1. The largest absolute Gasteiger partial charge is 0.368 e. The molecule has 0 aliphatic carbocycles. The highest BCUT2D eigenvalue weighted by Gasteiger charge is 2.19. The minimum absolute atomic E-state index is 0.127. The highest BCUT2D eigenvalue weighted by molar-refractivity contribution is 9.10. The first kappa shape index (κ1) is 15.0. The number of nitrogens with one attached hydrogen (secondary N) is 1. The van der Waals surface area contributed by atoms with Gasteiger partial charge < -0.3 is 5.32 Å². The SMILES string of the molecule is CC(C)(CNc1nccn2ncc(Br)c12)Cc1ccccc1. The Morgan fingerprint density at radius 2 is 2.00 bits per heavy atom. The fourth-order valence-corrected chi connectivity index (χ4v) is 3.03. The van der Waals surface area contributed by atoms with Gasteiger partial charge in [0, 0.05) is 18.9 Å². The van der Waals surface area contributed by atoms with Crippen LogP contribution in [0.15, 0.2) is 53.4 Å². The predicted molar refractivity (Wildman–Crippen MR) is 93.1 cm³/mol. The lowest BCUT2D eigenvalue weighted by Gasteiger charge is -2.25. The molecule has 0 radical (unpaired) electrons. The molecule has 1 N–H and O–H groups in total. The van der Waals surface area contributed by atoms with Crippen molar-refractivity contribution in [3.05, 3.63) is 59.0 Å². The molecule has 1 aromatic carbocycles. The Hall–Kier alpha value is -1.88. The molecule has 0 spiro atoms. The second kappa shape index (κ2) is 6.08. The summed E-state index contributed by atoms with van der Waals surface area (Å²) in [4.78, 5) is 4.45. The van der Waals surface area contributed by atoms with Crippen LogP contribution in [0, 0.1) is 5.41 Å². The van der Waals surface area contributed by atoms with E-state index < -0.39 is 0 Å². The van der Waals surface area contributed by atoms with Crippen LogP contribution in [0.5, 0.6) is 0 Å². The maximum atomic E-state index is 4.45. The first-order valence-electron chi connectivity index (χ1n) is 7.31. The topological polar surface area (TPSA) is 42.2 Å². The highest BCUT2D eigenvalue weighted by Crippen LogP contribution is 2.26. The Morgan fingerprint density at radius 1 is 1.23 bits per heavy atom. The van der Waals surface area contributed by atoms with E-state index in [-0.39, 0.29) is 5.41 Å². The number of aromatic nitrogens is 3. The molecule has 3 aromatic rings. The normalized spacial score (nSPS) is 11.8. The van der Waals surface area contributed by atoms with E-state index >= 15 is 0 Å². The molecule has 114 valence electrons. The Morgan fingerprint density at radius 3 is 2.77 bits per heavy atom. The van der Waals surface area contributed by atoms with Gasteiger partial charge in [-0.15, -0.1) is 0 Å². The van der Waals surface area contributed by atoms with Gasteiger partial charge in [-0.2, -0.15) is 5.10 Å². The van der Waals surface area contributed by atoms with E-state index in [0.29, 0.717) is 0 Å². The Kier molecular flexibility index (Phi) is 4.16. The van der Waals surface area contributed by atoms with Gasteiger partial charge in [-0.25, -0.2) is 9.50 Å². The van der Waals surface area contributed by atoms with Crippen molar-refractivity contribution in [1.29, 1.82) is 0 Å². The molecule has 0 bridgehead atoms. The number of hydrogen-bond acceptors (Lipinski definition) is 3. The maximum Gasteiger partial charge on any atom is 0.153 e. The van der Waals surface area contributed by atoms with E-state index in [9.17, 15) is 0 Å². The third kappa shape index (κ3) is 3.30. The second-order valence-electron chi connectivity index (χ2n) is 6.24. The molecule has 0 fully saturated rings. The molecule has 0 aliphatic heterocycles. The molecule has 0 aliphatic rings. The van der Waals surface area contributed by atoms with Gasteiger partial charge in [0.2, 0.25) is 0 Å². The summed E-state index contributed by atoms with van der Waals surface area (Å²) in [5.74, 6) is 0.855. The molecule has 5 heteroatoms. The first-order chi connectivity index (χ1) is 10.6. The van der Waals surface area contributed by atoms with E-state index in [1.807, 2.05) is 10.7 Å². The third-order valence-electron chi connectivity index (χ3n) is 3.65. The summed E-state index contributed by atoms with van der Waals surface area (Å²) in [6.45, 7) is 5.36. The number of halogens is 1. The summed E-state index contributed by atoms with van der Waals surface area (Å²) < 4.78 is 2.77. The summed E-state index contributed by atoms with van der Waals surface area (Å²) >= 11 is 3.53. The van der Waals surface area contributed by atoms with E-state index in [1.165, 1.54) is 5.56 Å². The van der Waals surface area contributed by atoms with Crippen molar-refractivity contribution in [1.82, 2.24) is 14.6 Å². The lowest BCUT2D eigenvalue weighted by Crippen LogP contribution is -2.26. The van der Waals surface area contributed by atoms with Crippen LogP contribution in [0.25, 0.3) is 5.52 Å². The Labute approximate surface area is 138 Å². The fraction of sp³-hybridized carbons (Fsp3) is 0.294. The monoisotopic (exact) mass is 358 g/mol. The standard InChI is InChI=1S/C17H19BrN4/c1-17(2,10-13-6-4-3-5-7-13)12-20-16-15-14(18)11-21-22(15)9-8-19-16/h3-9,11H,10,12H2,1-2H3,(H,19,20). The molecule has 0 saturated carbocycles. The first-order valence-corrected chi connectivity index (χ1v) is 8.10. The van der Waals surface area contributed by atoms with Crippen LogP contribution >= 0.6 is 15.9 Å². The average molecular weight is 359 g/mol. The van der Waals surface area contributed by atoms with Crippen molar-refractivity contribution >= 4 is 27.3 Å². The van der Waals surface area contributed by atoms with Crippen molar-refractivity contribution in [2.45, 2.75) is 20.3 Å². The van der Waals surface area contributed by atoms with Gasteiger partial charge in [0.25, 0.3) is 0 Å². The van der Waals surface area contributed by atoms with E-state index in [1.54, 1.807) is 12.4 Å². The summed E-state index contributed by atoms with van der Waals surface area (Å²) in [6, 6.07) is 10.6. The molecule has 3 rings (SSSR count). The van der Waals surface area contributed by atoms with Gasteiger partial charge in [-0.1, -0.05) is 44.2 Å². The van der Waals surface area contributed by atoms with Gasteiger partial charge in [0.05, 0.1) is 10.7 Å². The van der Waals surface area contributed by atoms with Crippen molar-refractivity contribution in [3.8, 4) is 0 Å². The summed E-state index contributed by atoms with van der Waals surface area (Å²) in [5, 5.41) is 7.75. The van der Waals surface area contributed by atoms with Crippen molar-refractivity contribution in [2.24, 2.45) is 5.41 Å². The zero-order valence-corrected chi connectivity index (χ0v) is 14.3. The molecule has 2 aromatic heterocycles. The summed E-state index contributed by atoms with van der Waals surface area (Å²) in [7, 11) is 0. The average Bonchev–Trinajstić information content (AvgIpc) is 2.88. The number of rotatable bonds is 5. The van der Waals surface area contributed by atoms with E-state index in [2.05, 4.69) is 75.5 Å². The quantitative estimate of drug-likeness (QED) is 0.743. The van der Waals surface area contributed by atoms with Crippen LogP contribution in [0.4, 0.5) is 5.82 Å². The lowest BCUT2D eigenvalue weighted by molar-refractivity contribution is 0.389. The van der Waals surface area contributed by atoms with Crippen LogP contribution in [0.1, 0.15) is 19.4 Å². The molecule has 4 nitrogen and oxygen atoms in total. The van der Waals surface area contributed by atoms with E-state index in [4.69, 9.17) is 0 Å². The Bertz CT molecular complexity index is 765. The summed E-state index contributed by atoms with van der Waals surface area (Å²) in [5.41, 5.74) is 2.45. The van der Waals surface area contributed by atoms with Crippen molar-refractivity contribution < 1.29 is 0 Å². The molecule has 2 heterocycles. The molecule has 0 saturated heterocycles. The van der Waals surface area contributed by atoms with Crippen molar-refractivity contribution in [3.63, 3.8) is 0 Å². The van der Waals surface area contributed by atoms with Gasteiger partial charge >= 0.3 is 0 Å². The van der Waals surface area contributed by atoms with Crippen LogP contribution in [-0.4, -0.2) is 21.1 Å². The van der Waals surface area contributed by atoms with E-state index in [0.717, 1.165) is 28.8 Å². The second-order valence-corrected chi connectivity index (χ2v) is 7.10. The molecular formula is C17H19BrN4. The van der Waals surface area contributed by atoms with Crippen LogP contribution in [-0.2, 0) is 6.42 Å². The highest BCUT2D eigenvalue weighted by atomic mass is 79.9. The van der Waals surface area contributed by atoms with Crippen LogP contribution in [0.3, 0.4) is 0 Å². The minimum atomic E-state index is 0.127. The smallest absolute Gasteiger partial charge is 0.153 e. The number of nitrogens with zero attached hydrogens (tertiary/aromatic N) is 3. The van der Waals surface area contributed by atoms with Gasteiger partial charge in [-0.05, 0) is 33.3 Å². The summed E-state index contributed by atoms with van der Waals surface area (Å²) in [6.07, 6.45) is 6.42. The Balaban J connectivity index is 1.74. The zero-order chi connectivity index (χ0) is 15.6. The molecule has 0 amide bonds. The van der Waals surface area contributed by atoms with Crippen LogP contribution in [0.2, 0.25) is 0 Å². The predicted octanol–water partition coefficient (Wildman–Crippen LogP) is 4.17. The van der Waals surface area contributed by atoms with Crippen molar-refractivity contribution in [2.75, 3.05) is 11.9 Å². The molecule has 0 atom stereocenters. The fourth-order valence-electron chi connectivity index (χ4n) is 2.57. The minimum Gasteiger partial charge on any atom is -0.368 e. The number of fused-ring (bicyclic) bond motifs is 1. The zero-order valence-electron chi connectivity index (χ0n) is 12.8. The third-order valence-corrected chi connectivity index (χ3v) is 4.23.